The van der Waals surface area contributed by atoms with Crippen molar-refractivity contribution in [1.29, 1.82) is 0 Å². The van der Waals surface area contributed by atoms with Crippen molar-refractivity contribution < 1.29 is 9.21 Å². The van der Waals surface area contributed by atoms with Gasteiger partial charge in [0.25, 0.3) is 0 Å². The van der Waals surface area contributed by atoms with Crippen LogP contribution in [0, 0.1) is 6.92 Å². The first-order chi connectivity index (χ1) is 13.0. The van der Waals surface area contributed by atoms with E-state index in [1.807, 2.05) is 55.5 Å². The number of carbonyl (C=O) groups excluding carboxylic acids is 1. The number of thiocarbonyl (C=S) groups is 1. The van der Waals surface area contributed by atoms with Crippen LogP contribution in [-0.4, -0.2) is 11.0 Å². The Labute approximate surface area is 167 Å². The molecule has 0 spiro atoms. The highest BCUT2D eigenvalue weighted by Crippen LogP contribution is 2.22. The number of halogens is 1. The summed E-state index contributed by atoms with van der Waals surface area (Å²) in [5.74, 6) is 0.959. The van der Waals surface area contributed by atoms with Gasteiger partial charge in [0.05, 0.1) is 0 Å². The van der Waals surface area contributed by atoms with Gasteiger partial charge in [0.2, 0.25) is 5.91 Å². The lowest BCUT2D eigenvalue weighted by Gasteiger charge is -2.09. The third-order valence-electron chi connectivity index (χ3n) is 3.75. The molecule has 2 aromatic carbocycles. The first kappa shape index (κ1) is 18.9. The SMILES string of the molecule is Cc1ccc(NC(=S)NC(=O)/C=C/c2ccc(-c3ccccc3)o2)cc1Cl. The largest absolute Gasteiger partial charge is 0.457 e. The Bertz CT molecular complexity index is 996. The van der Waals surface area contributed by atoms with Crippen LogP contribution in [0.1, 0.15) is 11.3 Å². The first-order valence-corrected chi connectivity index (χ1v) is 9.01. The number of hydrogen-bond donors (Lipinski definition) is 2. The van der Waals surface area contributed by atoms with Gasteiger partial charge in [-0.3, -0.25) is 10.1 Å². The molecule has 0 bridgehead atoms. The van der Waals surface area contributed by atoms with Crippen molar-refractivity contribution >= 4 is 46.6 Å². The maximum Gasteiger partial charge on any atom is 0.250 e. The fraction of sp³-hybridized carbons (Fsp3) is 0.0476. The van der Waals surface area contributed by atoms with Crippen LogP contribution in [0.15, 0.2) is 71.2 Å². The Morgan fingerprint density at radius 3 is 2.63 bits per heavy atom. The summed E-state index contributed by atoms with van der Waals surface area (Å²) >= 11 is 11.2. The van der Waals surface area contributed by atoms with Crippen molar-refractivity contribution in [2.24, 2.45) is 0 Å². The molecule has 0 aliphatic heterocycles. The van der Waals surface area contributed by atoms with Gasteiger partial charge in [-0.1, -0.05) is 48.0 Å². The molecule has 3 rings (SSSR count). The number of hydrogen-bond acceptors (Lipinski definition) is 3. The van der Waals surface area contributed by atoms with E-state index in [4.69, 9.17) is 28.2 Å². The molecular formula is C21H17ClN2O2S. The number of rotatable bonds is 4. The molecule has 1 heterocycles. The number of anilines is 1. The van der Waals surface area contributed by atoms with Crippen LogP contribution in [0.25, 0.3) is 17.4 Å². The summed E-state index contributed by atoms with van der Waals surface area (Å²) in [5.41, 5.74) is 2.65. The van der Waals surface area contributed by atoms with E-state index >= 15 is 0 Å². The summed E-state index contributed by atoms with van der Waals surface area (Å²) < 4.78 is 5.72. The third-order valence-corrected chi connectivity index (χ3v) is 4.36. The van der Waals surface area contributed by atoms with Crippen LogP contribution < -0.4 is 10.6 Å². The second-order valence-corrected chi connectivity index (χ2v) is 6.62. The zero-order chi connectivity index (χ0) is 19.2. The van der Waals surface area contributed by atoms with E-state index < -0.39 is 0 Å². The molecule has 0 aliphatic rings. The first-order valence-electron chi connectivity index (χ1n) is 8.23. The highest BCUT2D eigenvalue weighted by Gasteiger charge is 2.05. The van der Waals surface area contributed by atoms with Gasteiger partial charge >= 0.3 is 0 Å². The topological polar surface area (TPSA) is 54.3 Å². The molecule has 2 N–H and O–H groups in total. The van der Waals surface area contributed by atoms with Crippen molar-refractivity contribution in [2.75, 3.05) is 5.32 Å². The number of aryl methyl sites for hydroxylation is 1. The minimum absolute atomic E-state index is 0.189. The molecule has 0 radical (unpaired) electrons. The summed E-state index contributed by atoms with van der Waals surface area (Å²) in [6.07, 6.45) is 2.96. The van der Waals surface area contributed by atoms with Gasteiger partial charge in [0, 0.05) is 22.3 Å². The number of carbonyl (C=O) groups is 1. The standard InChI is InChI=1S/C21H17ClN2O2S/c1-14-7-8-16(13-18(14)22)23-21(27)24-20(25)12-10-17-9-11-19(26-17)15-5-3-2-4-6-15/h2-13H,1H3,(H2,23,24,25,27)/b12-10+. The second-order valence-electron chi connectivity index (χ2n) is 5.81. The van der Waals surface area contributed by atoms with E-state index in [0.717, 1.165) is 16.9 Å². The minimum atomic E-state index is -0.358. The molecule has 6 heteroatoms. The van der Waals surface area contributed by atoms with Crippen molar-refractivity contribution in [2.45, 2.75) is 6.92 Å². The van der Waals surface area contributed by atoms with Gasteiger partial charge in [-0.2, -0.15) is 0 Å². The average Bonchev–Trinajstić information content (AvgIpc) is 3.13. The molecule has 0 saturated heterocycles. The predicted octanol–water partition coefficient (Wildman–Crippen LogP) is 5.43. The molecule has 0 saturated carbocycles. The lowest BCUT2D eigenvalue weighted by atomic mass is 10.2. The van der Waals surface area contributed by atoms with Crippen molar-refractivity contribution in [3.05, 3.63) is 83.1 Å². The van der Waals surface area contributed by atoms with Crippen LogP contribution in [0.3, 0.4) is 0 Å². The highest BCUT2D eigenvalue weighted by atomic mass is 35.5. The second kappa shape index (κ2) is 8.66. The number of furan rings is 1. The Kier molecular flexibility index (Phi) is 6.06. The van der Waals surface area contributed by atoms with Crippen LogP contribution in [0.5, 0.6) is 0 Å². The van der Waals surface area contributed by atoms with E-state index in [9.17, 15) is 4.79 Å². The lowest BCUT2D eigenvalue weighted by Crippen LogP contribution is -2.32. The van der Waals surface area contributed by atoms with E-state index in [1.54, 1.807) is 18.2 Å². The van der Waals surface area contributed by atoms with E-state index in [-0.39, 0.29) is 11.0 Å². The molecule has 1 aromatic heterocycles. The molecule has 3 aromatic rings. The van der Waals surface area contributed by atoms with Crippen molar-refractivity contribution in [3.8, 4) is 11.3 Å². The highest BCUT2D eigenvalue weighted by molar-refractivity contribution is 7.80. The Hall–Kier alpha value is -2.89. The summed E-state index contributed by atoms with van der Waals surface area (Å²) in [6, 6.07) is 18.9. The van der Waals surface area contributed by atoms with Gasteiger partial charge in [-0.15, -0.1) is 0 Å². The summed E-state index contributed by atoms with van der Waals surface area (Å²) in [6.45, 7) is 1.91. The van der Waals surface area contributed by atoms with E-state index in [2.05, 4.69) is 10.6 Å². The maximum absolute atomic E-state index is 12.0. The maximum atomic E-state index is 12.0. The fourth-order valence-corrected chi connectivity index (χ4v) is 2.74. The van der Waals surface area contributed by atoms with Gasteiger partial charge in [-0.05, 0) is 55.0 Å². The van der Waals surface area contributed by atoms with Gasteiger partial charge in [0.15, 0.2) is 5.11 Å². The normalized spacial score (nSPS) is 10.7. The van der Waals surface area contributed by atoms with Crippen molar-refractivity contribution in [3.63, 3.8) is 0 Å². The zero-order valence-corrected chi connectivity index (χ0v) is 16.1. The Morgan fingerprint density at radius 2 is 1.89 bits per heavy atom. The molecule has 0 aliphatic carbocycles. The van der Waals surface area contributed by atoms with Crippen LogP contribution in [0.2, 0.25) is 5.02 Å². The smallest absolute Gasteiger partial charge is 0.250 e. The molecule has 136 valence electrons. The summed E-state index contributed by atoms with van der Waals surface area (Å²) in [7, 11) is 0. The quantitative estimate of drug-likeness (QED) is 0.455. The van der Waals surface area contributed by atoms with E-state index in [0.29, 0.717) is 16.5 Å². The van der Waals surface area contributed by atoms with Crippen LogP contribution in [0.4, 0.5) is 5.69 Å². The van der Waals surface area contributed by atoms with Crippen LogP contribution in [-0.2, 0) is 4.79 Å². The predicted molar refractivity (Wildman–Crippen MR) is 114 cm³/mol. The number of benzene rings is 2. The van der Waals surface area contributed by atoms with Crippen LogP contribution >= 0.6 is 23.8 Å². The lowest BCUT2D eigenvalue weighted by molar-refractivity contribution is -0.115. The molecule has 4 nitrogen and oxygen atoms in total. The average molecular weight is 397 g/mol. The number of nitrogens with one attached hydrogen (secondary N) is 2. The molecule has 1 amide bonds. The minimum Gasteiger partial charge on any atom is -0.457 e. The monoisotopic (exact) mass is 396 g/mol. The zero-order valence-electron chi connectivity index (χ0n) is 14.5. The summed E-state index contributed by atoms with van der Waals surface area (Å²) in [5, 5.41) is 6.32. The van der Waals surface area contributed by atoms with Gasteiger partial charge in [-0.25, -0.2) is 0 Å². The summed E-state index contributed by atoms with van der Waals surface area (Å²) in [4.78, 5) is 12.0. The van der Waals surface area contributed by atoms with Gasteiger partial charge < -0.3 is 9.73 Å². The molecule has 0 atom stereocenters. The Morgan fingerprint density at radius 1 is 1.11 bits per heavy atom. The fourth-order valence-electron chi connectivity index (χ4n) is 2.34. The molecule has 0 fully saturated rings. The Balaban J connectivity index is 1.56. The molecular weight excluding hydrogens is 380 g/mol. The van der Waals surface area contributed by atoms with Crippen molar-refractivity contribution in [1.82, 2.24) is 5.32 Å². The molecule has 0 unspecified atom stereocenters. The van der Waals surface area contributed by atoms with E-state index in [1.165, 1.54) is 6.08 Å². The van der Waals surface area contributed by atoms with Gasteiger partial charge in [0.1, 0.15) is 11.5 Å². The molecule has 27 heavy (non-hydrogen) atoms. The number of amides is 1. The third kappa shape index (κ3) is 5.29.